The standard InChI is InChI=1S/C25H31N3O3/c1-17(2)22(27-24(30)21-12-8-7-9-18(21)3)25(31)28-15-13-19(14-16-28)23(29)26-20-10-5-4-6-11-20/h4-12,17,19,22H,13-16H2,1-3H3,(H,26,29)(H,27,30). The first-order valence-electron chi connectivity index (χ1n) is 10.9. The number of amides is 3. The van der Waals surface area contributed by atoms with Crippen molar-refractivity contribution in [1.29, 1.82) is 0 Å². The third kappa shape index (κ3) is 5.72. The maximum Gasteiger partial charge on any atom is 0.252 e. The maximum atomic E-state index is 13.2. The van der Waals surface area contributed by atoms with Gasteiger partial charge in [0.1, 0.15) is 6.04 Å². The molecule has 0 saturated carbocycles. The minimum absolute atomic E-state index is 0.00781. The van der Waals surface area contributed by atoms with Gasteiger partial charge in [-0.15, -0.1) is 0 Å². The Morgan fingerprint density at radius 1 is 0.935 bits per heavy atom. The number of likely N-dealkylation sites (tertiary alicyclic amines) is 1. The van der Waals surface area contributed by atoms with Crippen LogP contribution in [-0.2, 0) is 9.59 Å². The van der Waals surface area contributed by atoms with E-state index in [2.05, 4.69) is 10.6 Å². The van der Waals surface area contributed by atoms with Crippen LogP contribution in [0.2, 0.25) is 0 Å². The van der Waals surface area contributed by atoms with Crippen molar-refractivity contribution < 1.29 is 14.4 Å². The van der Waals surface area contributed by atoms with Crippen LogP contribution in [0.25, 0.3) is 0 Å². The second-order valence-electron chi connectivity index (χ2n) is 8.46. The molecule has 6 nitrogen and oxygen atoms in total. The van der Waals surface area contributed by atoms with Gasteiger partial charge in [-0.05, 0) is 49.4 Å². The first-order valence-corrected chi connectivity index (χ1v) is 10.9. The fourth-order valence-corrected chi connectivity index (χ4v) is 3.88. The number of piperidine rings is 1. The van der Waals surface area contributed by atoms with Gasteiger partial charge >= 0.3 is 0 Å². The number of aryl methyl sites for hydroxylation is 1. The molecule has 1 unspecified atom stereocenters. The molecule has 31 heavy (non-hydrogen) atoms. The molecule has 164 valence electrons. The zero-order chi connectivity index (χ0) is 22.4. The van der Waals surface area contributed by atoms with Gasteiger partial charge in [0.05, 0.1) is 0 Å². The van der Waals surface area contributed by atoms with Crippen molar-refractivity contribution in [2.45, 2.75) is 39.7 Å². The summed E-state index contributed by atoms with van der Waals surface area (Å²) in [6, 6.07) is 16.2. The van der Waals surface area contributed by atoms with Crippen molar-refractivity contribution >= 4 is 23.4 Å². The molecule has 0 radical (unpaired) electrons. The minimum atomic E-state index is -0.596. The first kappa shape index (κ1) is 22.5. The number of benzene rings is 2. The average molecular weight is 422 g/mol. The van der Waals surface area contributed by atoms with Gasteiger partial charge in [0.2, 0.25) is 11.8 Å². The van der Waals surface area contributed by atoms with Crippen LogP contribution in [-0.4, -0.2) is 41.8 Å². The van der Waals surface area contributed by atoms with Crippen molar-refractivity contribution in [2.75, 3.05) is 18.4 Å². The van der Waals surface area contributed by atoms with E-state index < -0.39 is 6.04 Å². The number of nitrogens with zero attached hydrogens (tertiary/aromatic N) is 1. The van der Waals surface area contributed by atoms with Crippen LogP contribution in [0.3, 0.4) is 0 Å². The summed E-state index contributed by atoms with van der Waals surface area (Å²) in [6.45, 7) is 6.76. The van der Waals surface area contributed by atoms with E-state index in [0.717, 1.165) is 11.3 Å². The second-order valence-corrected chi connectivity index (χ2v) is 8.46. The van der Waals surface area contributed by atoms with Crippen LogP contribution in [0.5, 0.6) is 0 Å². The van der Waals surface area contributed by atoms with Gasteiger partial charge in [-0.3, -0.25) is 14.4 Å². The smallest absolute Gasteiger partial charge is 0.252 e. The fraction of sp³-hybridized carbons (Fsp3) is 0.400. The van der Waals surface area contributed by atoms with E-state index in [1.807, 2.05) is 69.3 Å². The molecule has 3 amide bonds. The Labute approximate surface area is 184 Å². The summed E-state index contributed by atoms with van der Waals surface area (Å²) in [5.74, 6) is -0.490. The minimum Gasteiger partial charge on any atom is -0.341 e. The number of hydrogen-bond acceptors (Lipinski definition) is 3. The van der Waals surface area contributed by atoms with E-state index in [-0.39, 0.29) is 29.6 Å². The highest BCUT2D eigenvalue weighted by Gasteiger charge is 2.33. The number of nitrogens with one attached hydrogen (secondary N) is 2. The Hall–Kier alpha value is -3.15. The number of para-hydroxylation sites is 1. The maximum absolute atomic E-state index is 13.2. The lowest BCUT2D eigenvalue weighted by Gasteiger charge is -2.35. The molecule has 1 aliphatic rings. The van der Waals surface area contributed by atoms with Gasteiger partial charge in [0.25, 0.3) is 5.91 Å². The summed E-state index contributed by atoms with van der Waals surface area (Å²) in [5.41, 5.74) is 2.24. The quantitative estimate of drug-likeness (QED) is 0.748. The van der Waals surface area contributed by atoms with Crippen molar-refractivity contribution in [3.8, 4) is 0 Å². The van der Waals surface area contributed by atoms with Crippen LogP contribution in [0.1, 0.15) is 42.6 Å². The molecule has 1 heterocycles. The molecule has 0 spiro atoms. The molecule has 0 aliphatic carbocycles. The van der Waals surface area contributed by atoms with E-state index in [4.69, 9.17) is 0 Å². The molecule has 6 heteroatoms. The normalized spacial score (nSPS) is 15.4. The van der Waals surface area contributed by atoms with Gasteiger partial charge in [0, 0.05) is 30.3 Å². The van der Waals surface area contributed by atoms with Crippen molar-refractivity contribution in [3.05, 3.63) is 65.7 Å². The molecule has 2 aromatic rings. The summed E-state index contributed by atoms with van der Waals surface area (Å²) < 4.78 is 0. The Bertz CT molecular complexity index is 919. The monoisotopic (exact) mass is 421 g/mol. The van der Waals surface area contributed by atoms with Gasteiger partial charge in [-0.1, -0.05) is 50.2 Å². The van der Waals surface area contributed by atoms with E-state index in [9.17, 15) is 14.4 Å². The zero-order valence-corrected chi connectivity index (χ0v) is 18.4. The van der Waals surface area contributed by atoms with Crippen molar-refractivity contribution in [1.82, 2.24) is 10.2 Å². The van der Waals surface area contributed by atoms with Gasteiger partial charge in [0.15, 0.2) is 0 Å². The number of anilines is 1. The van der Waals surface area contributed by atoms with E-state index in [0.29, 0.717) is 31.5 Å². The molecule has 1 atom stereocenters. The number of rotatable bonds is 6. The highest BCUT2D eigenvalue weighted by atomic mass is 16.2. The summed E-state index contributed by atoms with van der Waals surface area (Å²) in [7, 11) is 0. The summed E-state index contributed by atoms with van der Waals surface area (Å²) >= 11 is 0. The lowest BCUT2D eigenvalue weighted by molar-refractivity contribution is -0.137. The predicted octanol–water partition coefficient (Wildman–Crippen LogP) is 3.63. The van der Waals surface area contributed by atoms with Crippen molar-refractivity contribution in [3.63, 3.8) is 0 Å². The topological polar surface area (TPSA) is 78.5 Å². The average Bonchev–Trinajstić information content (AvgIpc) is 2.77. The molecule has 0 aromatic heterocycles. The number of carbonyl (C=O) groups excluding carboxylic acids is 3. The molecular weight excluding hydrogens is 390 g/mol. The summed E-state index contributed by atoms with van der Waals surface area (Å²) in [6.07, 6.45) is 1.22. The van der Waals surface area contributed by atoms with E-state index in [1.54, 1.807) is 11.0 Å². The Kier molecular flexibility index (Phi) is 7.45. The third-order valence-electron chi connectivity index (χ3n) is 5.83. The molecule has 2 N–H and O–H groups in total. The number of hydrogen-bond donors (Lipinski definition) is 2. The van der Waals surface area contributed by atoms with Crippen LogP contribution >= 0.6 is 0 Å². The van der Waals surface area contributed by atoms with E-state index >= 15 is 0 Å². The number of carbonyl (C=O) groups is 3. The molecule has 1 saturated heterocycles. The van der Waals surface area contributed by atoms with E-state index in [1.165, 1.54) is 0 Å². The van der Waals surface area contributed by atoms with Crippen LogP contribution < -0.4 is 10.6 Å². The molecule has 2 aromatic carbocycles. The molecule has 0 bridgehead atoms. The SMILES string of the molecule is Cc1ccccc1C(=O)NC(C(=O)N1CCC(C(=O)Nc2ccccc2)CC1)C(C)C. The van der Waals surface area contributed by atoms with Gasteiger partial charge < -0.3 is 15.5 Å². The molecule has 3 rings (SSSR count). The largest absolute Gasteiger partial charge is 0.341 e. The highest BCUT2D eigenvalue weighted by Crippen LogP contribution is 2.21. The molecular formula is C25H31N3O3. The molecule has 1 aliphatic heterocycles. The lowest BCUT2D eigenvalue weighted by atomic mass is 9.94. The van der Waals surface area contributed by atoms with Crippen LogP contribution in [0.15, 0.2) is 54.6 Å². The predicted molar refractivity (Wildman–Crippen MR) is 122 cm³/mol. The van der Waals surface area contributed by atoms with Gasteiger partial charge in [-0.2, -0.15) is 0 Å². The van der Waals surface area contributed by atoms with Gasteiger partial charge in [-0.25, -0.2) is 0 Å². The van der Waals surface area contributed by atoms with Crippen molar-refractivity contribution in [2.24, 2.45) is 11.8 Å². The van der Waals surface area contributed by atoms with Crippen LogP contribution in [0.4, 0.5) is 5.69 Å². The third-order valence-corrected chi connectivity index (χ3v) is 5.83. The Morgan fingerprint density at radius 3 is 2.16 bits per heavy atom. The lowest BCUT2D eigenvalue weighted by Crippen LogP contribution is -2.53. The summed E-state index contributed by atoms with van der Waals surface area (Å²) in [4.78, 5) is 40.2. The molecule has 1 fully saturated rings. The second kappa shape index (κ2) is 10.2. The zero-order valence-electron chi connectivity index (χ0n) is 18.4. The Balaban J connectivity index is 1.58. The fourth-order valence-electron chi connectivity index (χ4n) is 3.88. The summed E-state index contributed by atoms with van der Waals surface area (Å²) in [5, 5.41) is 5.87. The first-order chi connectivity index (χ1) is 14.9. The highest BCUT2D eigenvalue weighted by molar-refractivity contribution is 5.98. The van der Waals surface area contributed by atoms with Crippen LogP contribution in [0, 0.1) is 18.8 Å². The Morgan fingerprint density at radius 2 is 1.55 bits per heavy atom.